The lowest BCUT2D eigenvalue weighted by Gasteiger charge is -2.19. The molecule has 0 spiro atoms. The fourth-order valence-corrected chi connectivity index (χ4v) is 1.80. The summed E-state index contributed by atoms with van der Waals surface area (Å²) in [6, 6.07) is 0. The molecule has 0 fully saturated rings. The minimum atomic E-state index is 0.853. The molecule has 0 N–H and O–H groups in total. The molecule has 0 saturated heterocycles. The van der Waals surface area contributed by atoms with E-state index in [9.17, 15) is 0 Å². The molecule has 0 aliphatic heterocycles. The molecule has 0 aromatic rings. The molecule has 0 aliphatic rings. The third-order valence-electron chi connectivity index (χ3n) is 4.10. The van der Waals surface area contributed by atoms with Gasteiger partial charge in [-0.15, -0.1) is 0 Å². The van der Waals surface area contributed by atoms with E-state index in [4.69, 9.17) is 0 Å². The Balaban J connectivity index is 3.52. The maximum absolute atomic E-state index is 2.43. The molecule has 0 heterocycles. The normalized spacial score (nSPS) is 17.8. The molecule has 0 rings (SSSR count). The van der Waals surface area contributed by atoms with E-state index in [1.807, 2.05) is 0 Å². The average Bonchev–Trinajstić information content (AvgIpc) is 2.21. The standard InChI is InChI=1S/C15H32/c1-7-13(4)8-9-14(5)10-11-15(6)12(2)3/h12-15H,7-11H2,1-6H3. The van der Waals surface area contributed by atoms with Gasteiger partial charge in [-0.25, -0.2) is 0 Å². The predicted octanol–water partition coefficient (Wildman–Crippen LogP) is 5.52. The minimum Gasteiger partial charge on any atom is -0.0651 e. The van der Waals surface area contributed by atoms with Gasteiger partial charge in [0.05, 0.1) is 0 Å². The first-order valence-electron chi connectivity index (χ1n) is 6.97. The lowest BCUT2D eigenvalue weighted by atomic mass is 9.87. The van der Waals surface area contributed by atoms with Crippen molar-refractivity contribution < 1.29 is 0 Å². The fraction of sp³-hybridized carbons (Fsp3) is 1.00. The molecular weight excluding hydrogens is 180 g/mol. The van der Waals surface area contributed by atoms with Crippen LogP contribution in [0.25, 0.3) is 0 Å². The summed E-state index contributed by atoms with van der Waals surface area (Å²) in [7, 11) is 0. The van der Waals surface area contributed by atoms with Gasteiger partial charge in [-0.1, -0.05) is 73.6 Å². The molecule has 0 radical (unpaired) electrons. The quantitative estimate of drug-likeness (QED) is 0.497. The first kappa shape index (κ1) is 15.0. The molecule has 92 valence electrons. The zero-order valence-electron chi connectivity index (χ0n) is 11.8. The van der Waals surface area contributed by atoms with Crippen molar-refractivity contribution in [2.75, 3.05) is 0 Å². The molecule has 0 aromatic heterocycles. The smallest absolute Gasteiger partial charge is 0.0420 e. The van der Waals surface area contributed by atoms with Gasteiger partial charge in [0, 0.05) is 0 Å². The summed E-state index contributed by atoms with van der Waals surface area (Å²) < 4.78 is 0. The molecule has 0 amide bonds. The highest BCUT2D eigenvalue weighted by Crippen LogP contribution is 2.23. The van der Waals surface area contributed by atoms with Gasteiger partial charge < -0.3 is 0 Å². The Hall–Kier alpha value is 0. The van der Waals surface area contributed by atoms with Gasteiger partial charge in [0.15, 0.2) is 0 Å². The van der Waals surface area contributed by atoms with Crippen molar-refractivity contribution in [2.24, 2.45) is 23.7 Å². The van der Waals surface area contributed by atoms with Crippen molar-refractivity contribution in [3.05, 3.63) is 0 Å². The van der Waals surface area contributed by atoms with Gasteiger partial charge in [-0.05, 0) is 23.7 Å². The van der Waals surface area contributed by atoms with E-state index in [1.165, 1.54) is 32.1 Å². The molecule has 0 aliphatic carbocycles. The number of rotatable bonds is 8. The van der Waals surface area contributed by atoms with Gasteiger partial charge in [0.25, 0.3) is 0 Å². The molecule has 15 heavy (non-hydrogen) atoms. The Kier molecular flexibility index (Phi) is 8.19. The monoisotopic (exact) mass is 212 g/mol. The third-order valence-corrected chi connectivity index (χ3v) is 4.10. The van der Waals surface area contributed by atoms with Crippen LogP contribution >= 0.6 is 0 Å². The Morgan fingerprint density at radius 3 is 1.60 bits per heavy atom. The lowest BCUT2D eigenvalue weighted by molar-refractivity contribution is 0.329. The molecule has 0 saturated carbocycles. The van der Waals surface area contributed by atoms with Crippen LogP contribution in [-0.2, 0) is 0 Å². The van der Waals surface area contributed by atoms with Crippen LogP contribution in [0.4, 0.5) is 0 Å². The second-order valence-electron chi connectivity index (χ2n) is 5.99. The topological polar surface area (TPSA) is 0 Å². The van der Waals surface area contributed by atoms with Crippen molar-refractivity contribution in [3.63, 3.8) is 0 Å². The van der Waals surface area contributed by atoms with E-state index in [0.717, 1.165) is 23.7 Å². The van der Waals surface area contributed by atoms with Crippen LogP contribution in [0.5, 0.6) is 0 Å². The van der Waals surface area contributed by atoms with Gasteiger partial charge in [-0.2, -0.15) is 0 Å². The summed E-state index contributed by atoms with van der Waals surface area (Å²) in [5.74, 6) is 3.61. The van der Waals surface area contributed by atoms with Crippen LogP contribution in [-0.4, -0.2) is 0 Å². The Bertz CT molecular complexity index is 137. The summed E-state index contributed by atoms with van der Waals surface area (Å²) in [5, 5.41) is 0. The first-order chi connectivity index (χ1) is 6.97. The molecule has 0 nitrogen and oxygen atoms in total. The number of hydrogen-bond acceptors (Lipinski definition) is 0. The molecular formula is C15H32. The zero-order chi connectivity index (χ0) is 11.8. The van der Waals surface area contributed by atoms with E-state index in [2.05, 4.69) is 41.5 Å². The van der Waals surface area contributed by atoms with Crippen LogP contribution in [0.1, 0.15) is 73.6 Å². The summed E-state index contributed by atoms with van der Waals surface area (Å²) in [4.78, 5) is 0. The zero-order valence-corrected chi connectivity index (χ0v) is 11.8. The minimum absolute atomic E-state index is 0.853. The maximum atomic E-state index is 2.43. The van der Waals surface area contributed by atoms with Crippen molar-refractivity contribution in [1.82, 2.24) is 0 Å². The molecule has 3 unspecified atom stereocenters. The number of hydrogen-bond donors (Lipinski definition) is 0. The van der Waals surface area contributed by atoms with E-state index in [1.54, 1.807) is 0 Å². The molecule has 0 aromatic carbocycles. The Morgan fingerprint density at radius 1 is 0.667 bits per heavy atom. The second-order valence-corrected chi connectivity index (χ2v) is 5.99. The first-order valence-corrected chi connectivity index (χ1v) is 6.97. The van der Waals surface area contributed by atoms with Crippen molar-refractivity contribution >= 4 is 0 Å². The summed E-state index contributed by atoms with van der Waals surface area (Å²) in [6.07, 6.45) is 7.04. The van der Waals surface area contributed by atoms with E-state index in [-0.39, 0.29) is 0 Å². The maximum Gasteiger partial charge on any atom is -0.0420 e. The summed E-state index contributed by atoms with van der Waals surface area (Å²) in [6.45, 7) is 14.2. The average molecular weight is 212 g/mol. The van der Waals surface area contributed by atoms with Crippen molar-refractivity contribution in [2.45, 2.75) is 73.6 Å². The highest BCUT2D eigenvalue weighted by atomic mass is 14.2. The van der Waals surface area contributed by atoms with Gasteiger partial charge in [0.2, 0.25) is 0 Å². The lowest BCUT2D eigenvalue weighted by Crippen LogP contribution is -2.07. The summed E-state index contributed by atoms with van der Waals surface area (Å²) in [5.41, 5.74) is 0. The SMILES string of the molecule is CCC(C)CCC(C)CCC(C)C(C)C. The van der Waals surface area contributed by atoms with E-state index < -0.39 is 0 Å². The van der Waals surface area contributed by atoms with Crippen LogP contribution in [0.15, 0.2) is 0 Å². The second kappa shape index (κ2) is 8.19. The van der Waals surface area contributed by atoms with Crippen LogP contribution < -0.4 is 0 Å². The summed E-state index contributed by atoms with van der Waals surface area (Å²) >= 11 is 0. The van der Waals surface area contributed by atoms with Crippen molar-refractivity contribution in [3.8, 4) is 0 Å². The fourth-order valence-electron chi connectivity index (χ4n) is 1.80. The van der Waals surface area contributed by atoms with Gasteiger partial charge in [0.1, 0.15) is 0 Å². The Morgan fingerprint density at radius 2 is 1.13 bits per heavy atom. The van der Waals surface area contributed by atoms with Gasteiger partial charge >= 0.3 is 0 Å². The van der Waals surface area contributed by atoms with Gasteiger partial charge in [-0.3, -0.25) is 0 Å². The predicted molar refractivity (Wildman–Crippen MR) is 71.1 cm³/mol. The largest absolute Gasteiger partial charge is 0.0651 e. The molecule has 0 heteroatoms. The molecule has 0 bridgehead atoms. The third kappa shape index (κ3) is 7.88. The van der Waals surface area contributed by atoms with Crippen molar-refractivity contribution in [1.29, 1.82) is 0 Å². The van der Waals surface area contributed by atoms with Crippen LogP contribution in [0, 0.1) is 23.7 Å². The van der Waals surface area contributed by atoms with E-state index in [0.29, 0.717) is 0 Å². The highest BCUT2D eigenvalue weighted by Gasteiger charge is 2.10. The van der Waals surface area contributed by atoms with Crippen LogP contribution in [0.2, 0.25) is 0 Å². The van der Waals surface area contributed by atoms with E-state index >= 15 is 0 Å². The van der Waals surface area contributed by atoms with Crippen LogP contribution in [0.3, 0.4) is 0 Å². The Labute approximate surface area is 97.8 Å². The highest BCUT2D eigenvalue weighted by molar-refractivity contribution is 4.62. The molecule has 3 atom stereocenters.